The number of halogens is 3. The van der Waals surface area contributed by atoms with Gasteiger partial charge in [0, 0.05) is 24.5 Å². The predicted molar refractivity (Wildman–Crippen MR) is 194 cm³/mol. The summed E-state index contributed by atoms with van der Waals surface area (Å²) < 4.78 is 81.1. The molecule has 1 saturated carbocycles. The first-order chi connectivity index (χ1) is 25.7. The Morgan fingerprint density at radius 3 is 1.93 bits per heavy atom. The number of esters is 1. The molecule has 3 aromatic carbocycles. The SMILES string of the molecule is COC(=O)N[C@H](C(=O)N[C@H](CCC[C@@H](CO)N(CCC(C)C)S(=O)(=O)c1ccc(C(=O)OC)c(F)c1)C1CC1)C(c1ccc(F)cc1)c1ccc(F)cc1. The highest BCUT2D eigenvalue weighted by molar-refractivity contribution is 7.89. The maximum atomic E-state index is 14.8. The van der Waals surface area contributed by atoms with Crippen LogP contribution in [0.25, 0.3) is 0 Å². The maximum absolute atomic E-state index is 14.8. The highest BCUT2D eigenvalue weighted by atomic mass is 32.2. The Kier molecular flexibility index (Phi) is 15.0. The fourth-order valence-corrected chi connectivity index (χ4v) is 8.13. The van der Waals surface area contributed by atoms with Crippen LogP contribution in [0.5, 0.6) is 0 Å². The smallest absolute Gasteiger partial charge is 0.407 e. The summed E-state index contributed by atoms with van der Waals surface area (Å²) in [4.78, 5) is 38.3. The summed E-state index contributed by atoms with van der Waals surface area (Å²) in [6.07, 6.45) is 2.20. The first-order valence-electron chi connectivity index (χ1n) is 17.9. The van der Waals surface area contributed by atoms with E-state index in [0.717, 1.165) is 49.6 Å². The number of ether oxygens (including phenoxy) is 2. The molecule has 11 nitrogen and oxygen atoms in total. The zero-order chi connectivity index (χ0) is 39.6. The molecule has 0 unspecified atom stereocenters. The minimum absolute atomic E-state index is 0.0451. The number of carbonyl (C=O) groups excluding carboxylic acids is 3. The Bertz CT molecular complexity index is 1790. The molecule has 15 heteroatoms. The summed E-state index contributed by atoms with van der Waals surface area (Å²) in [5, 5.41) is 16.2. The molecule has 1 aliphatic carbocycles. The van der Waals surface area contributed by atoms with Gasteiger partial charge in [0.2, 0.25) is 15.9 Å². The fourth-order valence-electron chi connectivity index (χ4n) is 6.45. The molecule has 0 saturated heterocycles. The van der Waals surface area contributed by atoms with Crippen molar-refractivity contribution in [1.29, 1.82) is 0 Å². The number of alkyl carbamates (subject to hydrolysis) is 1. The predicted octanol–water partition coefficient (Wildman–Crippen LogP) is 5.91. The molecule has 0 aromatic heterocycles. The van der Waals surface area contributed by atoms with Gasteiger partial charge in [0.05, 0.1) is 31.3 Å². The lowest BCUT2D eigenvalue weighted by Gasteiger charge is -2.32. The molecular formula is C39H48F3N3O8S. The second kappa shape index (κ2) is 19.2. The first-order valence-corrected chi connectivity index (χ1v) is 19.3. The molecular weight excluding hydrogens is 728 g/mol. The van der Waals surface area contributed by atoms with Crippen molar-refractivity contribution >= 4 is 28.0 Å². The van der Waals surface area contributed by atoms with Crippen LogP contribution < -0.4 is 10.6 Å². The Morgan fingerprint density at radius 2 is 1.44 bits per heavy atom. The molecule has 0 bridgehead atoms. The summed E-state index contributed by atoms with van der Waals surface area (Å²) in [6, 6.07) is 11.2. The average molecular weight is 776 g/mol. The van der Waals surface area contributed by atoms with E-state index in [-0.39, 0.29) is 35.7 Å². The van der Waals surface area contributed by atoms with Crippen LogP contribution in [0.2, 0.25) is 0 Å². The minimum Gasteiger partial charge on any atom is -0.465 e. The highest BCUT2D eigenvalue weighted by Crippen LogP contribution is 2.36. The topological polar surface area (TPSA) is 151 Å². The van der Waals surface area contributed by atoms with Crippen LogP contribution in [-0.2, 0) is 24.3 Å². The Morgan fingerprint density at radius 1 is 0.852 bits per heavy atom. The molecule has 4 rings (SSSR count). The molecule has 0 aliphatic heterocycles. The second-order valence-electron chi connectivity index (χ2n) is 13.8. The van der Waals surface area contributed by atoms with Crippen molar-refractivity contribution in [2.75, 3.05) is 27.4 Å². The van der Waals surface area contributed by atoms with Crippen LogP contribution in [-0.4, -0.2) is 81.3 Å². The van der Waals surface area contributed by atoms with Crippen molar-refractivity contribution in [1.82, 2.24) is 14.9 Å². The normalized spacial score (nSPS) is 14.8. The average Bonchev–Trinajstić information content (AvgIpc) is 4.00. The van der Waals surface area contributed by atoms with Gasteiger partial charge < -0.3 is 25.2 Å². The monoisotopic (exact) mass is 775 g/mol. The van der Waals surface area contributed by atoms with Crippen molar-refractivity contribution in [2.45, 2.75) is 81.3 Å². The molecule has 1 fully saturated rings. The molecule has 3 aromatic rings. The van der Waals surface area contributed by atoms with E-state index < -0.39 is 75.6 Å². The van der Waals surface area contributed by atoms with Crippen molar-refractivity contribution in [3.8, 4) is 0 Å². The van der Waals surface area contributed by atoms with E-state index >= 15 is 0 Å². The number of nitrogens with zero attached hydrogens (tertiary/aromatic N) is 1. The molecule has 3 N–H and O–H groups in total. The number of amides is 2. The van der Waals surface area contributed by atoms with E-state index in [2.05, 4.69) is 15.4 Å². The molecule has 54 heavy (non-hydrogen) atoms. The van der Waals surface area contributed by atoms with Crippen molar-refractivity contribution in [3.05, 3.63) is 101 Å². The van der Waals surface area contributed by atoms with Gasteiger partial charge in [0.15, 0.2) is 0 Å². The lowest BCUT2D eigenvalue weighted by Crippen LogP contribution is -2.53. The van der Waals surface area contributed by atoms with Gasteiger partial charge in [-0.2, -0.15) is 4.31 Å². The lowest BCUT2D eigenvalue weighted by atomic mass is 9.84. The number of aliphatic hydroxyl groups is 1. The van der Waals surface area contributed by atoms with Gasteiger partial charge in [-0.3, -0.25) is 4.79 Å². The second-order valence-corrected chi connectivity index (χ2v) is 15.7. The summed E-state index contributed by atoms with van der Waals surface area (Å²) in [5.41, 5.74) is 0.550. The standard InChI is InChI=1S/C39H48F3N3O8S/c1-24(2)20-21-45(54(50,51)31-18-19-32(33(42)22-31)38(48)52-3)30(23-46)6-5-7-34(25-8-9-25)43-37(47)36(44-39(49)53-4)35(26-10-14-28(40)15-11-26)27-12-16-29(41)17-13-27/h10-19,22,24-25,30,34-36,46H,5-9,20-21,23H2,1-4H3,(H,43,47)(H,44,49)/t30-,34+,36-/m0/s1. The number of benzene rings is 3. The number of aliphatic hydroxyl groups excluding tert-OH is 1. The summed E-state index contributed by atoms with van der Waals surface area (Å²) in [7, 11) is -2.10. The number of sulfonamides is 1. The zero-order valence-corrected chi connectivity index (χ0v) is 31.6. The maximum Gasteiger partial charge on any atom is 0.407 e. The number of hydrogen-bond donors (Lipinski definition) is 3. The summed E-state index contributed by atoms with van der Waals surface area (Å²) in [5.74, 6) is -4.24. The zero-order valence-electron chi connectivity index (χ0n) is 30.8. The third kappa shape index (κ3) is 11.0. The van der Waals surface area contributed by atoms with Gasteiger partial charge >= 0.3 is 12.1 Å². The number of carbonyl (C=O) groups is 3. The Balaban J connectivity index is 1.56. The Labute approximate surface area is 314 Å². The summed E-state index contributed by atoms with van der Waals surface area (Å²) in [6.45, 7) is 3.36. The van der Waals surface area contributed by atoms with E-state index in [1.165, 1.54) is 48.5 Å². The van der Waals surface area contributed by atoms with E-state index in [9.17, 15) is 41.1 Å². The van der Waals surface area contributed by atoms with Crippen LogP contribution in [0.15, 0.2) is 71.6 Å². The molecule has 2 amide bonds. The van der Waals surface area contributed by atoms with Crippen LogP contribution in [0, 0.1) is 29.3 Å². The van der Waals surface area contributed by atoms with Crippen LogP contribution in [0.4, 0.5) is 18.0 Å². The van der Waals surface area contributed by atoms with Crippen molar-refractivity contribution < 1.29 is 50.6 Å². The molecule has 0 radical (unpaired) electrons. The first kappa shape index (κ1) is 42.3. The molecule has 294 valence electrons. The van der Waals surface area contributed by atoms with Gasteiger partial charge in [-0.05, 0) is 104 Å². The number of methoxy groups -OCH3 is 2. The number of hydrogen-bond acceptors (Lipinski definition) is 8. The number of nitrogens with one attached hydrogen (secondary N) is 2. The van der Waals surface area contributed by atoms with Gasteiger partial charge in [-0.15, -0.1) is 0 Å². The van der Waals surface area contributed by atoms with Gasteiger partial charge in [-0.1, -0.05) is 38.1 Å². The van der Waals surface area contributed by atoms with Crippen molar-refractivity contribution in [2.24, 2.45) is 11.8 Å². The van der Waals surface area contributed by atoms with Crippen LogP contribution in [0.3, 0.4) is 0 Å². The van der Waals surface area contributed by atoms with E-state index in [1.54, 1.807) is 0 Å². The minimum atomic E-state index is -4.33. The quantitative estimate of drug-likeness (QED) is 0.127. The largest absolute Gasteiger partial charge is 0.465 e. The Hall–Kier alpha value is -4.47. The van der Waals surface area contributed by atoms with Gasteiger partial charge in [0.1, 0.15) is 23.5 Å². The van der Waals surface area contributed by atoms with E-state index in [4.69, 9.17) is 4.74 Å². The van der Waals surface area contributed by atoms with Gasteiger partial charge in [-0.25, -0.2) is 31.2 Å². The number of rotatable bonds is 19. The third-order valence-corrected chi connectivity index (χ3v) is 11.5. The molecule has 0 spiro atoms. The van der Waals surface area contributed by atoms with Crippen molar-refractivity contribution in [3.63, 3.8) is 0 Å². The highest BCUT2D eigenvalue weighted by Gasteiger charge is 2.38. The van der Waals surface area contributed by atoms with E-state index in [0.29, 0.717) is 30.4 Å². The molecule has 1 aliphatic rings. The molecule has 3 atom stereocenters. The van der Waals surface area contributed by atoms with Gasteiger partial charge in [0.25, 0.3) is 0 Å². The van der Waals surface area contributed by atoms with Crippen LogP contribution in [0.1, 0.15) is 79.8 Å². The van der Waals surface area contributed by atoms with E-state index in [1.807, 2.05) is 13.8 Å². The summed E-state index contributed by atoms with van der Waals surface area (Å²) >= 11 is 0. The molecule has 0 heterocycles. The lowest BCUT2D eigenvalue weighted by molar-refractivity contribution is -0.124. The van der Waals surface area contributed by atoms with Crippen LogP contribution >= 0.6 is 0 Å². The fraction of sp³-hybridized carbons (Fsp3) is 0.462. The third-order valence-electron chi connectivity index (χ3n) is 9.60.